The van der Waals surface area contributed by atoms with Gasteiger partial charge in [0.05, 0.1) is 18.7 Å². The van der Waals surface area contributed by atoms with Crippen molar-refractivity contribution in [2.75, 3.05) is 25.5 Å². The first kappa shape index (κ1) is 22.6. The summed E-state index contributed by atoms with van der Waals surface area (Å²) in [4.78, 5) is 7.07. The summed E-state index contributed by atoms with van der Waals surface area (Å²) in [5, 5.41) is 12.8. The molecule has 170 valence electrons. The van der Waals surface area contributed by atoms with E-state index in [0.717, 1.165) is 55.2 Å². The van der Waals surface area contributed by atoms with E-state index in [4.69, 9.17) is 9.47 Å². The number of pyridine rings is 1. The molecule has 6 nitrogen and oxygen atoms in total. The van der Waals surface area contributed by atoms with Crippen LogP contribution in [-0.2, 0) is 6.54 Å². The molecule has 1 aliphatic heterocycles. The van der Waals surface area contributed by atoms with Crippen molar-refractivity contribution in [3.8, 4) is 23.4 Å². The summed E-state index contributed by atoms with van der Waals surface area (Å²) in [7, 11) is 1.61. The van der Waals surface area contributed by atoms with Crippen LogP contribution in [0.5, 0.6) is 17.4 Å². The summed E-state index contributed by atoms with van der Waals surface area (Å²) in [6, 6.07) is 20.5. The summed E-state index contributed by atoms with van der Waals surface area (Å²) in [5.41, 5.74) is 3.82. The Kier molecular flexibility index (Phi) is 7.11. The smallest absolute Gasteiger partial charge is 0.218 e. The van der Waals surface area contributed by atoms with Crippen LogP contribution in [0.25, 0.3) is 0 Å². The van der Waals surface area contributed by atoms with Gasteiger partial charge in [0.2, 0.25) is 5.88 Å². The van der Waals surface area contributed by atoms with Crippen LogP contribution in [0.1, 0.15) is 35.1 Å². The number of nitrogens with zero attached hydrogens (tertiary/aromatic N) is 3. The first-order valence-electron chi connectivity index (χ1n) is 11.3. The number of nitrogens with one attached hydrogen (secondary N) is 1. The Balaban J connectivity index is 1.42. The molecule has 0 saturated carbocycles. The van der Waals surface area contributed by atoms with Gasteiger partial charge in [0.1, 0.15) is 17.3 Å². The highest BCUT2D eigenvalue weighted by molar-refractivity contribution is 5.51. The molecule has 0 radical (unpaired) electrons. The Hall–Kier alpha value is -3.56. The number of hydrogen-bond donors (Lipinski definition) is 1. The van der Waals surface area contributed by atoms with Crippen LogP contribution in [0.15, 0.2) is 54.6 Å². The predicted octanol–water partition coefficient (Wildman–Crippen LogP) is 5.45. The minimum atomic E-state index is 0.350. The molecular weight excluding hydrogens is 412 g/mol. The molecule has 2 aromatic carbocycles. The molecule has 0 spiro atoms. The molecule has 0 unspecified atom stereocenters. The van der Waals surface area contributed by atoms with E-state index in [1.54, 1.807) is 13.2 Å². The maximum Gasteiger partial charge on any atom is 0.218 e. The van der Waals surface area contributed by atoms with Gasteiger partial charge in [-0.05, 0) is 55.5 Å². The molecule has 0 atom stereocenters. The van der Waals surface area contributed by atoms with Gasteiger partial charge in [-0.15, -0.1) is 0 Å². The maximum absolute atomic E-state index is 9.19. The lowest BCUT2D eigenvalue weighted by Gasteiger charge is -2.32. The lowest BCUT2D eigenvalue weighted by molar-refractivity contribution is 0.211. The Morgan fingerprint density at radius 2 is 1.76 bits per heavy atom. The number of benzene rings is 2. The molecule has 0 aliphatic carbocycles. The maximum atomic E-state index is 9.19. The zero-order valence-corrected chi connectivity index (χ0v) is 19.5. The van der Waals surface area contributed by atoms with Crippen LogP contribution in [0.3, 0.4) is 0 Å². The molecule has 1 N–H and O–H groups in total. The van der Waals surface area contributed by atoms with E-state index in [9.17, 15) is 5.26 Å². The molecule has 1 aliphatic rings. The lowest BCUT2D eigenvalue weighted by Crippen LogP contribution is -2.38. The number of likely N-dealkylation sites (tertiary alicyclic amines) is 1. The predicted molar refractivity (Wildman–Crippen MR) is 130 cm³/mol. The second-order valence-corrected chi connectivity index (χ2v) is 8.56. The number of ether oxygens (including phenoxy) is 2. The summed E-state index contributed by atoms with van der Waals surface area (Å²) in [6.45, 7) is 6.98. The third kappa shape index (κ3) is 5.82. The van der Waals surface area contributed by atoms with Crippen molar-refractivity contribution < 1.29 is 9.47 Å². The highest BCUT2D eigenvalue weighted by Gasteiger charge is 2.20. The van der Waals surface area contributed by atoms with Gasteiger partial charge in [-0.2, -0.15) is 10.2 Å². The quantitative estimate of drug-likeness (QED) is 0.525. The van der Waals surface area contributed by atoms with E-state index in [0.29, 0.717) is 23.2 Å². The van der Waals surface area contributed by atoms with Crippen molar-refractivity contribution in [3.63, 3.8) is 0 Å². The third-order valence-electron chi connectivity index (χ3n) is 5.98. The Labute approximate surface area is 195 Å². The lowest BCUT2D eigenvalue weighted by atomic mass is 10.0. The summed E-state index contributed by atoms with van der Waals surface area (Å²) < 4.78 is 11.6. The molecule has 2 heterocycles. The van der Waals surface area contributed by atoms with E-state index in [1.165, 1.54) is 5.56 Å². The number of anilines is 1. The monoisotopic (exact) mass is 442 g/mol. The normalized spacial score (nSPS) is 14.5. The highest BCUT2D eigenvalue weighted by atomic mass is 16.5. The molecular formula is C27H30N4O2. The Morgan fingerprint density at radius 3 is 2.39 bits per heavy atom. The number of nitriles is 1. The molecule has 1 fully saturated rings. The number of aryl methyl sites for hydroxylation is 2. The zero-order valence-electron chi connectivity index (χ0n) is 19.5. The molecule has 0 bridgehead atoms. The van der Waals surface area contributed by atoms with Crippen molar-refractivity contribution >= 4 is 5.82 Å². The van der Waals surface area contributed by atoms with Gasteiger partial charge in [-0.3, -0.25) is 4.90 Å². The number of rotatable bonds is 7. The van der Waals surface area contributed by atoms with E-state index < -0.39 is 0 Å². The topological polar surface area (TPSA) is 70.4 Å². The molecule has 1 saturated heterocycles. The van der Waals surface area contributed by atoms with Crippen molar-refractivity contribution in [2.45, 2.75) is 39.3 Å². The van der Waals surface area contributed by atoms with Crippen LogP contribution in [0, 0.1) is 25.2 Å². The van der Waals surface area contributed by atoms with Gasteiger partial charge in [0.25, 0.3) is 0 Å². The van der Waals surface area contributed by atoms with Gasteiger partial charge in [0.15, 0.2) is 0 Å². The first-order chi connectivity index (χ1) is 16.0. The second kappa shape index (κ2) is 10.4. The first-order valence-corrected chi connectivity index (χ1v) is 11.3. The average molecular weight is 443 g/mol. The standard InChI is InChI=1S/C27H30N4O2/c1-19-13-22(17-28)14-20(2)27(19)33-24-15-25(30-26(16-24)32-3)29-23-9-11-31(12-10-23)18-21-7-5-4-6-8-21/h4-8,13-16,23H,9-12,18H2,1-3H3,(H,29,30). The van der Waals surface area contributed by atoms with Crippen molar-refractivity contribution in [2.24, 2.45) is 0 Å². The average Bonchev–Trinajstić information content (AvgIpc) is 2.83. The molecule has 3 aromatic rings. The van der Waals surface area contributed by atoms with E-state index in [-0.39, 0.29) is 0 Å². The summed E-state index contributed by atoms with van der Waals surface area (Å²) >= 11 is 0. The van der Waals surface area contributed by atoms with Gasteiger partial charge in [0, 0.05) is 37.8 Å². The number of piperidine rings is 1. The van der Waals surface area contributed by atoms with Gasteiger partial charge < -0.3 is 14.8 Å². The van der Waals surface area contributed by atoms with Crippen LogP contribution < -0.4 is 14.8 Å². The Bertz CT molecular complexity index is 1110. The minimum absolute atomic E-state index is 0.350. The number of aromatic nitrogens is 1. The fraction of sp³-hybridized carbons (Fsp3) is 0.333. The van der Waals surface area contributed by atoms with Crippen LogP contribution in [-0.4, -0.2) is 36.1 Å². The zero-order chi connectivity index (χ0) is 23.2. The summed E-state index contributed by atoms with van der Waals surface area (Å²) in [6.07, 6.45) is 2.10. The van der Waals surface area contributed by atoms with Gasteiger partial charge >= 0.3 is 0 Å². The van der Waals surface area contributed by atoms with Crippen molar-refractivity contribution in [1.29, 1.82) is 5.26 Å². The number of hydrogen-bond acceptors (Lipinski definition) is 6. The van der Waals surface area contributed by atoms with Crippen molar-refractivity contribution in [3.05, 3.63) is 76.9 Å². The van der Waals surface area contributed by atoms with E-state index in [1.807, 2.05) is 32.0 Å². The SMILES string of the molecule is COc1cc(Oc2c(C)cc(C#N)cc2C)cc(NC2CCN(Cc3ccccc3)CC2)n1. The van der Waals surface area contributed by atoms with Gasteiger partial charge in [-0.25, -0.2) is 0 Å². The van der Waals surface area contributed by atoms with Crippen molar-refractivity contribution in [1.82, 2.24) is 9.88 Å². The van der Waals surface area contributed by atoms with E-state index >= 15 is 0 Å². The number of methoxy groups -OCH3 is 1. The fourth-order valence-corrected chi connectivity index (χ4v) is 4.30. The highest BCUT2D eigenvalue weighted by Crippen LogP contribution is 2.33. The van der Waals surface area contributed by atoms with Crippen LogP contribution in [0.2, 0.25) is 0 Å². The minimum Gasteiger partial charge on any atom is -0.481 e. The molecule has 6 heteroatoms. The Morgan fingerprint density at radius 1 is 1.06 bits per heavy atom. The third-order valence-corrected chi connectivity index (χ3v) is 5.98. The van der Waals surface area contributed by atoms with Gasteiger partial charge in [-0.1, -0.05) is 30.3 Å². The second-order valence-electron chi connectivity index (χ2n) is 8.56. The van der Waals surface area contributed by atoms with Crippen LogP contribution in [0.4, 0.5) is 5.82 Å². The molecule has 4 rings (SSSR count). The summed E-state index contributed by atoms with van der Waals surface area (Å²) in [5.74, 6) is 2.65. The van der Waals surface area contributed by atoms with Crippen LogP contribution >= 0.6 is 0 Å². The largest absolute Gasteiger partial charge is 0.481 e. The fourth-order valence-electron chi connectivity index (χ4n) is 4.30. The van der Waals surface area contributed by atoms with E-state index in [2.05, 4.69) is 51.6 Å². The molecule has 0 amide bonds. The molecule has 1 aromatic heterocycles. The molecule has 33 heavy (non-hydrogen) atoms.